The topological polar surface area (TPSA) is 29.5 Å². The van der Waals surface area contributed by atoms with Crippen LogP contribution in [0, 0.1) is 5.82 Å². The van der Waals surface area contributed by atoms with Gasteiger partial charge in [0.25, 0.3) is 0 Å². The zero-order chi connectivity index (χ0) is 11.5. The molecule has 0 aliphatic carbocycles. The van der Waals surface area contributed by atoms with Crippen LogP contribution >= 0.6 is 27.7 Å². The van der Waals surface area contributed by atoms with Crippen molar-refractivity contribution in [3.63, 3.8) is 0 Å². The van der Waals surface area contributed by atoms with Crippen molar-refractivity contribution in [2.75, 3.05) is 18.1 Å². The molecule has 1 aromatic carbocycles. The summed E-state index contributed by atoms with van der Waals surface area (Å²) in [5.41, 5.74) is 0.293. The van der Waals surface area contributed by atoms with Crippen molar-refractivity contribution in [1.29, 1.82) is 0 Å². The van der Waals surface area contributed by atoms with Gasteiger partial charge in [-0.15, -0.1) is 0 Å². The Bertz CT molecular complexity index is 369. The van der Waals surface area contributed by atoms with Crippen LogP contribution in [0.3, 0.4) is 0 Å². The van der Waals surface area contributed by atoms with E-state index in [0.717, 1.165) is 10.2 Å². The zero-order valence-electron chi connectivity index (χ0n) is 8.53. The fourth-order valence-electron chi connectivity index (χ4n) is 1.63. The predicted octanol–water partition coefficient (Wildman–Crippen LogP) is 2.75. The Morgan fingerprint density at radius 2 is 2.38 bits per heavy atom. The Kier molecular flexibility index (Phi) is 4.24. The number of aliphatic hydroxyl groups is 1. The smallest absolute Gasteiger partial charge is 0.129 e. The molecule has 16 heavy (non-hydrogen) atoms. The molecule has 1 aliphatic rings. The van der Waals surface area contributed by atoms with Crippen LogP contribution < -0.4 is 0 Å². The third kappa shape index (κ3) is 2.77. The Hall–Kier alpha value is -0.100. The number of rotatable bonds is 2. The minimum absolute atomic E-state index is 0.293. The summed E-state index contributed by atoms with van der Waals surface area (Å²) in [7, 11) is 0. The second-order valence-electron chi connectivity index (χ2n) is 3.59. The van der Waals surface area contributed by atoms with Crippen LogP contribution in [0.4, 0.5) is 4.39 Å². The van der Waals surface area contributed by atoms with Crippen LogP contribution in [0.25, 0.3) is 0 Å². The maximum atomic E-state index is 13.5. The molecule has 0 spiro atoms. The van der Waals surface area contributed by atoms with Crippen molar-refractivity contribution in [2.24, 2.45) is 0 Å². The minimum atomic E-state index is -0.898. The van der Waals surface area contributed by atoms with E-state index in [1.807, 2.05) is 0 Å². The second kappa shape index (κ2) is 5.49. The van der Waals surface area contributed by atoms with Crippen LogP contribution in [-0.4, -0.2) is 29.3 Å². The number of benzene rings is 1. The number of aliphatic hydroxyl groups excluding tert-OH is 1. The molecule has 1 heterocycles. The van der Waals surface area contributed by atoms with E-state index in [0.29, 0.717) is 17.9 Å². The summed E-state index contributed by atoms with van der Waals surface area (Å²) in [6.07, 6.45) is -1.21. The largest absolute Gasteiger partial charge is 0.386 e. The first-order valence-corrected chi connectivity index (χ1v) is 6.95. The Morgan fingerprint density at radius 1 is 1.56 bits per heavy atom. The average Bonchev–Trinajstić information content (AvgIpc) is 2.32. The highest BCUT2D eigenvalue weighted by atomic mass is 79.9. The van der Waals surface area contributed by atoms with Crippen molar-refractivity contribution in [2.45, 2.75) is 12.2 Å². The molecule has 0 aromatic heterocycles. The van der Waals surface area contributed by atoms with Crippen molar-refractivity contribution in [3.8, 4) is 0 Å². The third-order valence-corrected chi connectivity index (χ3v) is 3.98. The average molecular weight is 307 g/mol. The molecule has 1 N–H and O–H groups in total. The lowest BCUT2D eigenvalue weighted by atomic mass is 10.0. The van der Waals surface area contributed by atoms with Crippen LogP contribution in [-0.2, 0) is 4.74 Å². The Morgan fingerprint density at radius 3 is 3.06 bits per heavy atom. The molecule has 0 radical (unpaired) electrons. The normalized spacial score (nSPS) is 23.1. The van der Waals surface area contributed by atoms with Gasteiger partial charge >= 0.3 is 0 Å². The van der Waals surface area contributed by atoms with Gasteiger partial charge in [-0.2, -0.15) is 11.8 Å². The van der Waals surface area contributed by atoms with Gasteiger partial charge < -0.3 is 9.84 Å². The number of hydrogen-bond acceptors (Lipinski definition) is 3. The van der Waals surface area contributed by atoms with Crippen molar-refractivity contribution in [3.05, 3.63) is 34.1 Å². The van der Waals surface area contributed by atoms with Gasteiger partial charge in [0, 0.05) is 21.5 Å². The molecule has 2 atom stereocenters. The summed E-state index contributed by atoms with van der Waals surface area (Å²) in [5, 5.41) is 10.1. The van der Waals surface area contributed by atoms with Gasteiger partial charge in [-0.05, 0) is 18.2 Å². The van der Waals surface area contributed by atoms with E-state index in [4.69, 9.17) is 4.74 Å². The maximum absolute atomic E-state index is 13.5. The molecule has 2 rings (SSSR count). The SMILES string of the molecule is OC(c1cc(Br)ccc1F)C1CSCCO1. The lowest BCUT2D eigenvalue weighted by Crippen LogP contribution is -2.30. The molecule has 0 saturated carbocycles. The van der Waals surface area contributed by atoms with Crippen molar-refractivity contribution < 1.29 is 14.2 Å². The van der Waals surface area contributed by atoms with Gasteiger partial charge in [-0.3, -0.25) is 0 Å². The summed E-state index contributed by atoms with van der Waals surface area (Å²) in [6.45, 7) is 0.613. The molecule has 2 nitrogen and oxygen atoms in total. The third-order valence-electron chi connectivity index (χ3n) is 2.47. The van der Waals surface area contributed by atoms with Gasteiger partial charge in [0.2, 0.25) is 0 Å². The molecular weight excluding hydrogens is 295 g/mol. The van der Waals surface area contributed by atoms with E-state index >= 15 is 0 Å². The monoisotopic (exact) mass is 306 g/mol. The maximum Gasteiger partial charge on any atom is 0.129 e. The Labute approximate surface area is 106 Å². The first-order valence-electron chi connectivity index (χ1n) is 5.01. The first-order chi connectivity index (χ1) is 7.68. The standard InChI is InChI=1S/C11H12BrFO2S/c12-7-1-2-9(13)8(5-7)11(14)10-6-16-4-3-15-10/h1-2,5,10-11,14H,3-4,6H2. The lowest BCUT2D eigenvalue weighted by molar-refractivity contribution is -0.0242. The molecule has 1 fully saturated rings. The first kappa shape index (κ1) is 12.4. The fraction of sp³-hybridized carbons (Fsp3) is 0.455. The van der Waals surface area contributed by atoms with Crippen LogP contribution in [0.1, 0.15) is 11.7 Å². The van der Waals surface area contributed by atoms with Gasteiger partial charge in [-0.25, -0.2) is 4.39 Å². The van der Waals surface area contributed by atoms with Crippen LogP contribution in [0.5, 0.6) is 0 Å². The number of halogens is 2. The lowest BCUT2D eigenvalue weighted by Gasteiger charge is -2.27. The molecule has 88 valence electrons. The highest BCUT2D eigenvalue weighted by Crippen LogP contribution is 2.28. The summed E-state index contributed by atoms with van der Waals surface area (Å²) >= 11 is 4.98. The summed E-state index contributed by atoms with van der Waals surface area (Å²) in [6, 6.07) is 4.56. The Balaban J connectivity index is 2.18. The van der Waals surface area contributed by atoms with Crippen LogP contribution in [0.15, 0.2) is 22.7 Å². The molecule has 1 saturated heterocycles. The molecule has 0 amide bonds. The fourth-order valence-corrected chi connectivity index (χ4v) is 2.90. The number of hydrogen-bond donors (Lipinski definition) is 1. The van der Waals surface area contributed by atoms with Gasteiger partial charge in [0.15, 0.2) is 0 Å². The van der Waals surface area contributed by atoms with E-state index in [1.165, 1.54) is 6.07 Å². The van der Waals surface area contributed by atoms with E-state index in [-0.39, 0.29) is 6.10 Å². The van der Waals surface area contributed by atoms with E-state index in [1.54, 1.807) is 23.9 Å². The highest BCUT2D eigenvalue weighted by molar-refractivity contribution is 9.10. The van der Waals surface area contributed by atoms with Gasteiger partial charge in [0.05, 0.1) is 12.7 Å². The molecule has 2 unspecified atom stereocenters. The van der Waals surface area contributed by atoms with Crippen LogP contribution in [0.2, 0.25) is 0 Å². The molecule has 1 aromatic rings. The molecular formula is C11H12BrFO2S. The van der Waals surface area contributed by atoms with Gasteiger partial charge in [0.1, 0.15) is 11.9 Å². The van der Waals surface area contributed by atoms with Crippen molar-refractivity contribution >= 4 is 27.7 Å². The van der Waals surface area contributed by atoms with E-state index in [2.05, 4.69) is 15.9 Å². The van der Waals surface area contributed by atoms with E-state index in [9.17, 15) is 9.50 Å². The number of ether oxygens (including phenoxy) is 1. The summed E-state index contributed by atoms with van der Waals surface area (Å²) in [5.74, 6) is 1.24. The second-order valence-corrected chi connectivity index (χ2v) is 5.66. The van der Waals surface area contributed by atoms with E-state index < -0.39 is 11.9 Å². The predicted molar refractivity (Wildman–Crippen MR) is 66.1 cm³/mol. The summed E-state index contributed by atoms with van der Waals surface area (Å²) in [4.78, 5) is 0. The quantitative estimate of drug-likeness (QED) is 0.911. The molecule has 5 heteroatoms. The van der Waals surface area contributed by atoms with Crippen molar-refractivity contribution in [1.82, 2.24) is 0 Å². The zero-order valence-corrected chi connectivity index (χ0v) is 10.9. The molecule has 0 bridgehead atoms. The molecule has 1 aliphatic heterocycles. The number of thioether (sulfide) groups is 1. The van der Waals surface area contributed by atoms with Gasteiger partial charge in [-0.1, -0.05) is 15.9 Å². The highest BCUT2D eigenvalue weighted by Gasteiger charge is 2.26. The summed E-state index contributed by atoms with van der Waals surface area (Å²) < 4.78 is 19.7. The minimum Gasteiger partial charge on any atom is -0.386 e.